The Morgan fingerprint density at radius 3 is 2.32 bits per heavy atom. The summed E-state index contributed by atoms with van der Waals surface area (Å²) in [5, 5.41) is 2.64. The molecule has 0 radical (unpaired) electrons. The first-order chi connectivity index (χ1) is 14.4. The lowest BCUT2D eigenvalue weighted by Crippen LogP contribution is -2.38. The van der Waals surface area contributed by atoms with Crippen LogP contribution < -0.4 is 14.8 Å². The molecule has 2 aromatic rings. The van der Waals surface area contributed by atoms with E-state index in [0.717, 1.165) is 11.6 Å². The normalized spacial score (nSPS) is 13.0. The fourth-order valence-electron chi connectivity index (χ4n) is 2.71. The van der Waals surface area contributed by atoms with Gasteiger partial charge in [0.2, 0.25) is 15.9 Å². The fraction of sp³-hybridized carbons (Fsp3) is 0.409. The average molecular weight is 455 g/mol. The van der Waals surface area contributed by atoms with Crippen molar-refractivity contribution in [3.8, 4) is 5.75 Å². The van der Waals surface area contributed by atoms with E-state index in [9.17, 15) is 22.0 Å². The van der Waals surface area contributed by atoms with Gasteiger partial charge in [0, 0.05) is 19.0 Å². The molecule has 0 heterocycles. The number of carbonyl (C=O) groups excluding carboxylic acids is 1. The molecule has 0 fully saturated rings. The summed E-state index contributed by atoms with van der Waals surface area (Å²) in [7, 11) is -3.73. The lowest BCUT2D eigenvalue weighted by molar-refractivity contribution is -0.121. The molecule has 0 bridgehead atoms. The highest BCUT2D eigenvalue weighted by Gasteiger charge is 2.18. The van der Waals surface area contributed by atoms with Crippen molar-refractivity contribution in [3.05, 3.63) is 59.7 Å². The SMILES string of the molecule is CC(COc1ccc(F)cc1F)NC(=O)CCNS(=O)(=O)c1ccc(C(C)(C)C)cc1. The van der Waals surface area contributed by atoms with Gasteiger partial charge >= 0.3 is 0 Å². The number of hydrogen-bond acceptors (Lipinski definition) is 4. The van der Waals surface area contributed by atoms with E-state index in [1.807, 2.05) is 20.8 Å². The maximum atomic E-state index is 13.5. The number of nitrogens with one attached hydrogen (secondary N) is 2. The topological polar surface area (TPSA) is 84.5 Å². The average Bonchev–Trinajstić information content (AvgIpc) is 2.66. The summed E-state index contributed by atoms with van der Waals surface area (Å²) in [6.07, 6.45) is -0.0748. The van der Waals surface area contributed by atoms with Crippen LogP contribution in [0.4, 0.5) is 8.78 Å². The van der Waals surface area contributed by atoms with E-state index >= 15 is 0 Å². The first kappa shape index (κ1) is 24.7. The molecule has 0 saturated heterocycles. The summed E-state index contributed by atoms with van der Waals surface area (Å²) in [6.45, 7) is 7.66. The zero-order chi connectivity index (χ0) is 23.2. The van der Waals surface area contributed by atoms with Gasteiger partial charge in [0.05, 0.1) is 10.9 Å². The number of benzene rings is 2. The molecule has 9 heteroatoms. The van der Waals surface area contributed by atoms with Crippen molar-refractivity contribution < 1.29 is 26.7 Å². The van der Waals surface area contributed by atoms with Gasteiger partial charge in [0.25, 0.3) is 0 Å². The molecule has 170 valence electrons. The van der Waals surface area contributed by atoms with Crippen LogP contribution in [0.5, 0.6) is 5.75 Å². The van der Waals surface area contributed by atoms with E-state index in [0.29, 0.717) is 6.07 Å². The predicted molar refractivity (Wildman–Crippen MR) is 114 cm³/mol. The number of carbonyl (C=O) groups is 1. The standard InChI is InChI=1S/C22H28F2N2O4S/c1-15(14-30-20-10-7-17(23)13-19(20)24)26-21(27)11-12-25-31(28,29)18-8-5-16(6-9-18)22(2,3)4/h5-10,13,15,25H,11-12,14H2,1-4H3,(H,26,27). The Labute approximate surface area is 182 Å². The van der Waals surface area contributed by atoms with Crippen LogP contribution in [0, 0.1) is 11.6 Å². The van der Waals surface area contributed by atoms with E-state index in [1.54, 1.807) is 19.1 Å². The maximum absolute atomic E-state index is 13.5. The van der Waals surface area contributed by atoms with Crippen molar-refractivity contribution in [2.75, 3.05) is 13.2 Å². The monoisotopic (exact) mass is 454 g/mol. The van der Waals surface area contributed by atoms with Gasteiger partial charge < -0.3 is 10.1 Å². The fourth-order valence-corrected chi connectivity index (χ4v) is 3.74. The summed E-state index contributed by atoms with van der Waals surface area (Å²) in [5.41, 5.74) is 0.930. The smallest absolute Gasteiger partial charge is 0.240 e. The summed E-state index contributed by atoms with van der Waals surface area (Å²) < 4.78 is 58.9. The predicted octanol–water partition coefficient (Wildman–Crippen LogP) is 3.51. The second-order valence-electron chi connectivity index (χ2n) is 8.28. The van der Waals surface area contributed by atoms with Gasteiger partial charge in [-0.3, -0.25) is 4.79 Å². The van der Waals surface area contributed by atoms with Crippen LogP contribution in [0.15, 0.2) is 47.4 Å². The molecule has 2 rings (SSSR count). The quantitative estimate of drug-likeness (QED) is 0.607. The second-order valence-corrected chi connectivity index (χ2v) is 10.0. The van der Waals surface area contributed by atoms with E-state index in [-0.39, 0.29) is 41.5 Å². The molecule has 31 heavy (non-hydrogen) atoms. The van der Waals surface area contributed by atoms with Crippen molar-refractivity contribution in [1.29, 1.82) is 0 Å². The van der Waals surface area contributed by atoms with Crippen LogP contribution >= 0.6 is 0 Å². The minimum Gasteiger partial charge on any atom is -0.488 e. The van der Waals surface area contributed by atoms with Crippen LogP contribution in [-0.4, -0.2) is 33.5 Å². The minimum absolute atomic E-state index is 0.0276. The van der Waals surface area contributed by atoms with E-state index < -0.39 is 27.7 Å². The maximum Gasteiger partial charge on any atom is 0.240 e. The molecule has 1 atom stereocenters. The minimum atomic E-state index is -3.73. The van der Waals surface area contributed by atoms with Crippen molar-refractivity contribution >= 4 is 15.9 Å². The van der Waals surface area contributed by atoms with Gasteiger partial charge in [-0.25, -0.2) is 21.9 Å². The Bertz CT molecular complexity index is 1000. The molecule has 6 nitrogen and oxygen atoms in total. The Kier molecular flexibility index (Phi) is 8.14. The largest absolute Gasteiger partial charge is 0.488 e. The number of ether oxygens (including phenoxy) is 1. The Balaban J connectivity index is 1.78. The molecule has 2 N–H and O–H groups in total. The number of hydrogen-bond donors (Lipinski definition) is 2. The molecular weight excluding hydrogens is 426 g/mol. The third-order valence-electron chi connectivity index (χ3n) is 4.46. The summed E-state index contributed by atoms with van der Waals surface area (Å²) in [5.74, 6) is -2.04. The van der Waals surface area contributed by atoms with Gasteiger partial charge in [0.1, 0.15) is 12.4 Å². The highest BCUT2D eigenvalue weighted by Crippen LogP contribution is 2.23. The molecule has 0 aliphatic rings. The van der Waals surface area contributed by atoms with E-state index in [2.05, 4.69) is 10.0 Å². The van der Waals surface area contributed by atoms with Crippen LogP contribution in [0.1, 0.15) is 39.7 Å². The molecule has 0 saturated carbocycles. The van der Waals surface area contributed by atoms with Crippen molar-refractivity contribution in [1.82, 2.24) is 10.0 Å². The van der Waals surface area contributed by atoms with Crippen LogP contribution in [0.3, 0.4) is 0 Å². The van der Waals surface area contributed by atoms with E-state index in [4.69, 9.17) is 4.74 Å². The third-order valence-corrected chi connectivity index (χ3v) is 5.94. The van der Waals surface area contributed by atoms with Crippen molar-refractivity contribution in [2.24, 2.45) is 0 Å². The first-order valence-corrected chi connectivity index (χ1v) is 11.3. The zero-order valence-corrected chi connectivity index (χ0v) is 18.9. The van der Waals surface area contributed by atoms with Gasteiger partial charge in [0.15, 0.2) is 11.6 Å². The molecule has 0 aromatic heterocycles. The molecule has 0 aliphatic carbocycles. The lowest BCUT2D eigenvalue weighted by atomic mass is 9.87. The number of halogens is 2. The van der Waals surface area contributed by atoms with Gasteiger partial charge in [-0.05, 0) is 42.2 Å². The third kappa shape index (κ3) is 7.59. The van der Waals surface area contributed by atoms with Crippen LogP contribution in [-0.2, 0) is 20.2 Å². The number of rotatable bonds is 9. The van der Waals surface area contributed by atoms with Gasteiger partial charge in [-0.2, -0.15) is 0 Å². The Morgan fingerprint density at radius 2 is 1.74 bits per heavy atom. The highest BCUT2D eigenvalue weighted by atomic mass is 32.2. The highest BCUT2D eigenvalue weighted by molar-refractivity contribution is 7.89. The molecule has 2 aromatic carbocycles. The van der Waals surface area contributed by atoms with Crippen molar-refractivity contribution in [2.45, 2.75) is 50.5 Å². The summed E-state index contributed by atoms with van der Waals surface area (Å²) in [4.78, 5) is 12.2. The number of sulfonamides is 1. The summed E-state index contributed by atoms with van der Waals surface area (Å²) in [6, 6.07) is 9.11. The molecule has 1 amide bonds. The van der Waals surface area contributed by atoms with Gasteiger partial charge in [-0.15, -0.1) is 0 Å². The first-order valence-electron chi connectivity index (χ1n) is 9.86. The van der Waals surface area contributed by atoms with Crippen LogP contribution in [0.25, 0.3) is 0 Å². The van der Waals surface area contributed by atoms with Gasteiger partial charge in [-0.1, -0.05) is 32.9 Å². The Morgan fingerprint density at radius 1 is 1.10 bits per heavy atom. The van der Waals surface area contributed by atoms with E-state index in [1.165, 1.54) is 18.2 Å². The molecular formula is C22H28F2N2O4S. The zero-order valence-electron chi connectivity index (χ0n) is 18.0. The molecule has 0 spiro atoms. The second kappa shape index (κ2) is 10.2. The molecule has 0 aliphatic heterocycles. The lowest BCUT2D eigenvalue weighted by Gasteiger charge is -2.19. The van der Waals surface area contributed by atoms with Crippen molar-refractivity contribution in [3.63, 3.8) is 0 Å². The summed E-state index contributed by atoms with van der Waals surface area (Å²) >= 11 is 0. The number of amides is 1. The van der Waals surface area contributed by atoms with Crippen LogP contribution in [0.2, 0.25) is 0 Å². The Hall–Kier alpha value is -2.52. The molecule has 1 unspecified atom stereocenters.